The van der Waals surface area contributed by atoms with Crippen molar-refractivity contribution in [2.45, 2.75) is 6.42 Å². The Balaban J connectivity index is 2.01. The predicted octanol–water partition coefficient (Wildman–Crippen LogP) is 0.799. The molecule has 1 aliphatic heterocycles. The van der Waals surface area contributed by atoms with Gasteiger partial charge in [0.1, 0.15) is 0 Å². The van der Waals surface area contributed by atoms with Crippen molar-refractivity contribution in [1.29, 1.82) is 0 Å². The number of rotatable bonds is 2. The van der Waals surface area contributed by atoms with E-state index in [1.54, 1.807) is 18.0 Å². The van der Waals surface area contributed by atoms with E-state index >= 15 is 0 Å². The van der Waals surface area contributed by atoms with Crippen molar-refractivity contribution in [3.63, 3.8) is 0 Å². The largest absolute Gasteiger partial charge is 0.367 e. The third-order valence-corrected chi connectivity index (χ3v) is 3.64. The average Bonchev–Trinajstić information content (AvgIpc) is 2.88. The van der Waals surface area contributed by atoms with E-state index in [9.17, 15) is 14.9 Å². The van der Waals surface area contributed by atoms with Crippen LogP contribution in [0.25, 0.3) is 11.0 Å². The highest BCUT2D eigenvalue weighted by atomic mass is 16.6. The summed E-state index contributed by atoms with van der Waals surface area (Å²) in [4.78, 5) is 25.8. The Morgan fingerprint density at radius 3 is 2.76 bits per heavy atom. The molecular formula is C12H13N5O4. The molecule has 2 heterocycles. The molecule has 1 aliphatic rings. The van der Waals surface area contributed by atoms with E-state index in [0.29, 0.717) is 37.3 Å². The van der Waals surface area contributed by atoms with Gasteiger partial charge in [0, 0.05) is 39.2 Å². The van der Waals surface area contributed by atoms with Crippen molar-refractivity contribution in [3.05, 3.63) is 22.2 Å². The summed E-state index contributed by atoms with van der Waals surface area (Å²) in [6, 6.07) is 3.01. The van der Waals surface area contributed by atoms with Crippen molar-refractivity contribution < 1.29 is 14.3 Å². The zero-order valence-corrected chi connectivity index (χ0v) is 11.4. The minimum Gasteiger partial charge on any atom is -0.367 e. The van der Waals surface area contributed by atoms with Crippen LogP contribution in [0.3, 0.4) is 0 Å². The predicted molar refractivity (Wildman–Crippen MR) is 72.9 cm³/mol. The van der Waals surface area contributed by atoms with E-state index in [0.717, 1.165) is 0 Å². The minimum absolute atomic E-state index is 0.0777. The number of hydrogen-bond donors (Lipinski definition) is 0. The van der Waals surface area contributed by atoms with E-state index in [4.69, 9.17) is 0 Å². The number of aromatic nitrogens is 2. The Bertz CT molecular complexity index is 713. The van der Waals surface area contributed by atoms with Crippen LogP contribution in [0.15, 0.2) is 16.8 Å². The molecule has 9 nitrogen and oxygen atoms in total. The first-order valence-electron chi connectivity index (χ1n) is 6.46. The summed E-state index contributed by atoms with van der Waals surface area (Å²) in [5, 5.41) is 18.4. The molecule has 0 atom stereocenters. The zero-order valence-electron chi connectivity index (χ0n) is 11.4. The van der Waals surface area contributed by atoms with Gasteiger partial charge in [-0.05, 0) is 16.4 Å². The lowest BCUT2D eigenvalue weighted by Crippen LogP contribution is -2.30. The molecule has 1 amide bonds. The van der Waals surface area contributed by atoms with E-state index in [1.165, 1.54) is 6.07 Å². The van der Waals surface area contributed by atoms with Crippen molar-refractivity contribution in [2.24, 2.45) is 0 Å². The lowest BCUT2D eigenvalue weighted by Gasteiger charge is -2.22. The summed E-state index contributed by atoms with van der Waals surface area (Å²) in [7, 11) is 1.76. The molecule has 1 fully saturated rings. The maximum atomic E-state index is 11.7. The summed E-state index contributed by atoms with van der Waals surface area (Å²) >= 11 is 0. The monoisotopic (exact) mass is 291 g/mol. The van der Waals surface area contributed by atoms with Gasteiger partial charge < -0.3 is 9.80 Å². The number of carbonyl (C=O) groups excluding carboxylic acids is 1. The number of nitrogens with zero attached hydrogens (tertiary/aromatic N) is 5. The number of amides is 1. The van der Waals surface area contributed by atoms with Gasteiger partial charge in [0.05, 0.1) is 10.6 Å². The number of likely N-dealkylation sites (N-methyl/N-ethyl adjacent to an activating group) is 1. The molecule has 2 aromatic rings. The molecular weight excluding hydrogens is 278 g/mol. The molecule has 1 aromatic heterocycles. The van der Waals surface area contributed by atoms with Crippen LogP contribution in [0.4, 0.5) is 11.4 Å². The third-order valence-electron chi connectivity index (χ3n) is 3.64. The summed E-state index contributed by atoms with van der Waals surface area (Å²) in [5.74, 6) is 0.0777. The maximum Gasteiger partial charge on any atom is 0.300 e. The number of benzene rings is 1. The van der Waals surface area contributed by atoms with Crippen LogP contribution in [0, 0.1) is 10.1 Å². The quantitative estimate of drug-likeness (QED) is 0.595. The molecule has 3 rings (SSSR count). The molecule has 0 N–H and O–H groups in total. The van der Waals surface area contributed by atoms with E-state index in [2.05, 4.69) is 14.9 Å². The Morgan fingerprint density at radius 1 is 1.24 bits per heavy atom. The van der Waals surface area contributed by atoms with Crippen LogP contribution in [0.5, 0.6) is 0 Å². The van der Waals surface area contributed by atoms with Crippen molar-refractivity contribution in [2.75, 3.05) is 31.6 Å². The van der Waals surface area contributed by atoms with Crippen LogP contribution < -0.4 is 4.90 Å². The molecule has 1 saturated heterocycles. The Labute approximate surface area is 119 Å². The Morgan fingerprint density at radius 2 is 2.00 bits per heavy atom. The van der Waals surface area contributed by atoms with E-state index in [1.807, 2.05) is 4.90 Å². The normalized spacial score (nSPS) is 16.3. The molecule has 110 valence electrons. The van der Waals surface area contributed by atoms with Crippen LogP contribution in [-0.2, 0) is 4.79 Å². The van der Waals surface area contributed by atoms with Crippen LogP contribution in [0.1, 0.15) is 6.42 Å². The molecule has 0 bridgehead atoms. The number of fused-ring (bicyclic) bond motifs is 1. The fourth-order valence-electron chi connectivity index (χ4n) is 2.41. The third kappa shape index (κ3) is 2.26. The number of nitro groups is 1. The van der Waals surface area contributed by atoms with Crippen LogP contribution >= 0.6 is 0 Å². The standard InChI is InChI=1S/C12H13N5O4/c1-15-6-7-16(5-4-10(15)18)8-2-3-9(17(19)20)12-11(8)13-21-14-12/h2-3H,4-7H2,1H3. The van der Waals surface area contributed by atoms with Crippen LogP contribution in [0.2, 0.25) is 0 Å². The highest BCUT2D eigenvalue weighted by Gasteiger charge is 2.24. The molecule has 9 heteroatoms. The van der Waals surface area contributed by atoms with Gasteiger partial charge in [0.25, 0.3) is 0 Å². The lowest BCUT2D eigenvalue weighted by molar-refractivity contribution is -0.383. The van der Waals surface area contributed by atoms with Crippen LogP contribution in [-0.4, -0.2) is 52.7 Å². The molecule has 21 heavy (non-hydrogen) atoms. The van der Waals surface area contributed by atoms with E-state index in [-0.39, 0.29) is 17.1 Å². The second kappa shape index (κ2) is 5.00. The second-order valence-electron chi connectivity index (χ2n) is 4.87. The van der Waals surface area contributed by atoms with Gasteiger partial charge in [0.15, 0.2) is 5.52 Å². The molecule has 0 spiro atoms. The first-order valence-corrected chi connectivity index (χ1v) is 6.46. The van der Waals surface area contributed by atoms with Crippen molar-refractivity contribution >= 4 is 28.3 Å². The Hall–Kier alpha value is -2.71. The lowest BCUT2D eigenvalue weighted by atomic mass is 10.2. The van der Waals surface area contributed by atoms with Gasteiger partial charge in [0.2, 0.25) is 11.4 Å². The first kappa shape index (κ1) is 13.3. The number of nitro benzene ring substituents is 1. The second-order valence-corrected chi connectivity index (χ2v) is 4.87. The van der Waals surface area contributed by atoms with Crippen molar-refractivity contribution in [3.8, 4) is 0 Å². The average molecular weight is 291 g/mol. The Kier molecular flexibility index (Phi) is 3.16. The summed E-state index contributed by atoms with van der Waals surface area (Å²) < 4.78 is 4.65. The maximum absolute atomic E-state index is 11.7. The van der Waals surface area contributed by atoms with Gasteiger partial charge in [-0.15, -0.1) is 0 Å². The summed E-state index contributed by atoms with van der Waals surface area (Å²) in [6.45, 7) is 1.74. The fraction of sp³-hybridized carbons (Fsp3) is 0.417. The smallest absolute Gasteiger partial charge is 0.300 e. The molecule has 0 aliphatic carbocycles. The number of carbonyl (C=O) groups is 1. The van der Waals surface area contributed by atoms with E-state index < -0.39 is 4.92 Å². The molecule has 1 aromatic carbocycles. The van der Waals surface area contributed by atoms with Gasteiger partial charge in [-0.1, -0.05) is 0 Å². The topological polar surface area (TPSA) is 106 Å². The van der Waals surface area contributed by atoms with Gasteiger partial charge in [-0.25, -0.2) is 4.63 Å². The first-order chi connectivity index (χ1) is 10.1. The summed E-state index contributed by atoms with van der Waals surface area (Å²) in [6.07, 6.45) is 0.389. The number of anilines is 1. The number of hydrogen-bond acceptors (Lipinski definition) is 7. The summed E-state index contributed by atoms with van der Waals surface area (Å²) in [5.41, 5.74) is 1.03. The number of non-ortho nitro benzene ring substituents is 1. The minimum atomic E-state index is -0.518. The SMILES string of the molecule is CN1CCN(c2ccc([N+](=O)[O-])c3nonc23)CCC1=O. The van der Waals surface area contributed by atoms with Gasteiger partial charge in [-0.3, -0.25) is 14.9 Å². The highest BCUT2D eigenvalue weighted by molar-refractivity contribution is 5.94. The molecule has 0 radical (unpaired) electrons. The van der Waals surface area contributed by atoms with Gasteiger partial charge in [-0.2, -0.15) is 0 Å². The molecule has 0 saturated carbocycles. The van der Waals surface area contributed by atoms with Gasteiger partial charge >= 0.3 is 5.69 Å². The highest BCUT2D eigenvalue weighted by Crippen LogP contribution is 2.31. The zero-order chi connectivity index (χ0) is 15.0. The molecule has 0 unspecified atom stereocenters. The fourth-order valence-corrected chi connectivity index (χ4v) is 2.41. The van der Waals surface area contributed by atoms with Crippen molar-refractivity contribution in [1.82, 2.24) is 15.2 Å².